The standard InChI is InChI=1S/C8H11BrN4/c9-7-11-5-13(12-7)6-1-8(2-6)3-10-4-8/h5-6,10H,1-4H2. The molecule has 4 nitrogen and oxygen atoms in total. The lowest BCUT2D eigenvalue weighted by Crippen LogP contribution is -2.60. The highest BCUT2D eigenvalue weighted by atomic mass is 79.9. The fraction of sp³-hybridized carbons (Fsp3) is 0.750. The van der Waals surface area contributed by atoms with Crippen molar-refractivity contribution in [1.82, 2.24) is 20.1 Å². The Hall–Kier alpha value is -0.420. The number of rotatable bonds is 1. The van der Waals surface area contributed by atoms with E-state index in [2.05, 4.69) is 31.3 Å². The Bertz CT molecular complexity index is 323. The van der Waals surface area contributed by atoms with Crippen molar-refractivity contribution in [3.63, 3.8) is 0 Å². The first kappa shape index (κ1) is 7.94. The topological polar surface area (TPSA) is 42.7 Å². The molecule has 1 aromatic rings. The third kappa shape index (κ3) is 1.14. The summed E-state index contributed by atoms with van der Waals surface area (Å²) < 4.78 is 2.67. The predicted molar refractivity (Wildman–Crippen MR) is 51.3 cm³/mol. The predicted octanol–water partition coefficient (Wildman–Crippen LogP) is 0.965. The highest BCUT2D eigenvalue weighted by molar-refractivity contribution is 9.10. The van der Waals surface area contributed by atoms with Crippen LogP contribution in [0.15, 0.2) is 11.1 Å². The van der Waals surface area contributed by atoms with E-state index in [1.807, 2.05) is 11.0 Å². The van der Waals surface area contributed by atoms with Crippen LogP contribution >= 0.6 is 15.9 Å². The Balaban J connectivity index is 1.70. The minimum Gasteiger partial charge on any atom is -0.316 e. The Morgan fingerprint density at radius 1 is 1.54 bits per heavy atom. The monoisotopic (exact) mass is 242 g/mol. The van der Waals surface area contributed by atoms with Crippen LogP contribution in [0.5, 0.6) is 0 Å². The van der Waals surface area contributed by atoms with E-state index in [-0.39, 0.29) is 0 Å². The van der Waals surface area contributed by atoms with E-state index in [0.29, 0.717) is 16.2 Å². The van der Waals surface area contributed by atoms with Gasteiger partial charge in [0.1, 0.15) is 6.33 Å². The second kappa shape index (κ2) is 2.54. The molecule has 13 heavy (non-hydrogen) atoms. The lowest BCUT2D eigenvalue weighted by atomic mass is 9.62. The number of hydrogen-bond acceptors (Lipinski definition) is 3. The highest BCUT2D eigenvalue weighted by Gasteiger charge is 2.49. The quantitative estimate of drug-likeness (QED) is 0.799. The lowest BCUT2D eigenvalue weighted by Gasteiger charge is -2.54. The molecule has 2 fully saturated rings. The van der Waals surface area contributed by atoms with Crippen LogP contribution in [-0.2, 0) is 0 Å². The molecule has 1 aliphatic carbocycles. The molecule has 1 N–H and O–H groups in total. The zero-order chi connectivity index (χ0) is 8.89. The summed E-state index contributed by atoms with van der Waals surface area (Å²) in [6.45, 7) is 2.39. The van der Waals surface area contributed by atoms with Crippen LogP contribution in [0, 0.1) is 5.41 Å². The number of aromatic nitrogens is 3. The maximum Gasteiger partial charge on any atom is 0.217 e. The largest absolute Gasteiger partial charge is 0.316 e. The SMILES string of the molecule is Brc1ncn(C2CC3(CNC3)C2)n1. The summed E-state index contributed by atoms with van der Waals surface area (Å²) in [6.07, 6.45) is 4.33. The average molecular weight is 243 g/mol. The van der Waals surface area contributed by atoms with Crippen LogP contribution in [0.2, 0.25) is 0 Å². The third-order valence-electron chi connectivity index (χ3n) is 3.19. The third-order valence-corrected chi connectivity index (χ3v) is 3.56. The van der Waals surface area contributed by atoms with Crippen LogP contribution in [0.3, 0.4) is 0 Å². The Morgan fingerprint density at radius 2 is 2.31 bits per heavy atom. The zero-order valence-electron chi connectivity index (χ0n) is 7.20. The van der Waals surface area contributed by atoms with Crippen molar-refractivity contribution in [1.29, 1.82) is 0 Å². The molecule has 0 aromatic carbocycles. The minimum absolute atomic E-state index is 0.584. The van der Waals surface area contributed by atoms with Gasteiger partial charge >= 0.3 is 0 Å². The van der Waals surface area contributed by atoms with Crippen molar-refractivity contribution >= 4 is 15.9 Å². The fourth-order valence-electron chi connectivity index (χ4n) is 2.32. The van der Waals surface area contributed by atoms with E-state index in [9.17, 15) is 0 Å². The van der Waals surface area contributed by atoms with Crippen molar-refractivity contribution in [2.24, 2.45) is 5.41 Å². The second-order valence-corrected chi connectivity index (χ2v) is 4.87. The van der Waals surface area contributed by atoms with E-state index >= 15 is 0 Å². The molecule has 2 heterocycles. The van der Waals surface area contributed by atoms with E-state index in [0.717, 1.165) is 0 Å². The van der Waals surface area contributed by atoms with Crippen LogP contribution in [0.4, 0.5) is 0 Å². The van der Waals surface area contributed by atoms with Gasteiger partial charge in [0.05, 0.1) is 6.04 Å². The summed E-state index contributed by atoms with van der Waals surface area (Å²) in [5.74, 6) is 0. The molecule has 2 aliphatic rings. The molecule has 1 aliphatic heterocycles. The summed E-state index contributed by atoms with van der Waals surface area (Å²) in [7, 11) is 0. The van der Waals surface area contributed by atoms with Crippen molar-refractivity contribution in [3.05, 3.63) is 11.1 Å². The maximum atomic E-state index is 4.26. The molecular weight excluding hydrogens is 232 g/mol. The molecule has 1 aromatic heterocycles. The van der Waals surface area contributed by atoms with E-state index in [1.54, 1.807) is 0 Å². The van der Waals surface area contributed by atoms with Gasteiger partial charge in [-0.1, -0.05) is 0 Å². The first-order valence-electron chi connectivity index (χ1n) is 4.55. The van der Waals surface area contributed by atoms with Gasteiger partial charge in [0.2, 0.25) is 4.73 Å². The molecule has 3 rings (SSSR count). The Morgan fingerprint density at radius 3 is 2.77 bits per heavy atom. The van der Waals surface area contributed by atoms with Gasteiger partial charge in [-0.15, -0.1) is 5.10 Å². The normalized spacial score (nSPS) is 25.6. The first-order chi connectivity index (χ1) is 6.27. The van der Waals surface area contributed by atoms with Crippen LogP contribution in [0.25, 0.3) is 0 Å². The van der Waals surface area contributed by atoms with E-state index in [1.165, 1.54) is 25.9 Å². The number of hydrogen-bond donors (Lipinski definition) is 1. The Kier molecular flexibility index (Phi) is 1.55. The summed E-state index contributed by atoms with van der Waals surface area (Å²) >= 11 is 3.26. The molecule has 1 spiro atoms. The van der Waals surface area contributed by atoms with Crippen LogP contribution in [0.1, 0.15) is 18.9 Å². The molecule has 1 saturated heterocycles. The zero-order valence-corrected chi connectivity index (χ0v) is 8.79. The highest BCUT2D eigenvalue weighted by Crippen LogP contribution is 2.50. The molecule has 0 unspecified atom stereocenters. The van der Waals surface area contributed by atoms with Crippen molar-refractivity contribution in [3.8, 4) is 0 Å². The van der Waals surface area contributed by atoms with Gasteiger partial charge < -0.3 is 5.32 Å². The molecule has 0 atom stereocenters. The van der Waals surface area contributed by atoms with Gasteiger partial charge in [0, 0.05) is 13.1 Å². The summed E-state index contributed by atoms with van der Waals surface area (Å²) in [4.78, 5) is 4.06. The first-order valence-corrected chi connectivity index (χ1v) is 5.34. The molecule has 0 bridgehead atoms. The van der Waals surface area contributed by atoms with Crippen molar-refractivity contribution in [2.75, 3.05) is 13.1 Å². The van der Waals surface area contributed by atoms with Crippen molar-refractivity contribution in [2.45, 2.75) is 18.9 Å². The van der Waals surface area contributed by atoms with Gasteiger partial charge in [-0.2, -0.15) is 0 Å². The summed E-state index contributed by atoms with van der Waals surface area (Å²) in [6, 6.07) is 0.584. The van der Waals surface area contributed by atoms with Gasteiger partial charge in [0.25, 0.3) is 0 Å². The lowest BCUT2D eigenvalue weighted by molar-refractivity contribution is 0.00211. The number of nitrogens with one attached hydrogen (secondary N) is 1. The molecule has 70 valence electrons. The molecule has 0 radical (unpaired) electrons. The van der Waals surface area contributed by atoms with Gasteiger partial charge in [-0.25, -0.2) is 9.67 Å². The number of nitrogens with zero attached hydrogens (tertiary/aromatic N) is 3. The smallest absolute Gasteiger partial charge is 0.217 e. The average Bonchev–Trinajstić information content (AvgIpc) is 2.29. The van der Waals surface area contributed by atoms with Gasteiger partial charge in [-0.05, 0) is 34.2 Å². The minimum atomic E-state index is 0.584. The molecular formula is C8H11BrN4. The number of halogens is 1. The molecule has 5 heteroatoms. The Labute approximate surface area is 84.9 Å². The van der Waals surface area contributed by atoms with Gasteiger partial charge in [-0.3, -0.25) is 0 Å². The maximum absolute atomic E-state index is 4.26. The van der Waals surface area contributed by atoms with Crippen molar-refractivity contribution < 1.29 is 0 Å². The van der Waals surface area contributed by atoms with Crippen LogP contribution in [-0.4, -0.2) is 27.9 Å². The fourth-order valence-corrected chi connectivity index (χ4v) is 2.60. The van der Waals surface area contributed by atoms with Crippen LogP contribution < -0.4 is 5.32 Å². The van der Waals surface area contributed by atoms with Gasteiger partial charge in [0.15, 0.2) is 0 Å². The van der Waals surface area contributed by atoms with E-state index < -0.39 is 0 Å². The summed E-state index contributed by atoms with van der Waals surface area (Å²) in [5, 5.41) is 7.59. The molecule has 0 amide bonds. The molecule has 1 saturated carbocycles. The summed E-state index contributed by atoms with van der Waals surface area (Å²) in [5.41, 5.74) is 0.614. The second-order valence-electron chi connectivity index (χ2n) is 4.16. The van der Waals surface area contributed by atoms with E-state index in [4.69, 9.17) is 0 Å².